The maximum Gasteiger partial charge on any atom is 0.339 e. The number of hydrogen-bond acceptors (Lipinski definition) is 4. The average Bonchev–Trinajstić information content (AvgIpc) is 2.92. The van der Waals surface area contributed by atoms with E-state index < -0.39 is 5.97 Å². The van der Waals surface area contributed by atoms with E-state index in [0.29, 0.717) is 16.7 Å². The molecule has 3 rings (SSSR count). The van der Waals surface area contributed by atoms with Gasteiger partial charge in [-0.1, -0.05) is 25.1 Å². The number of hydrogen-bond donors (Lipinski definition) is 2. The van der Waals surface area contributed by atoms with E-state index >= 15 is 0 Å². The Balaban J connectivity index is 1.64. The number of nitrogens with one attached hydrogen (secondary N) is 1. The van der Waals surface area contributed by atoms with Crippen LogP contribution in [0.5, 0.6) is 5.75 Å². The smallest absolute Gasteiger partial charge is 0.339 e. The summed E-state index contributed by atoms with van der Waals surface area (Å²) < 4.78 is 5.51. The number of aromatic carboxylic acids is 1. The highest BCUT2D eigenvalue weighted by molar-refractivity contribution is 7.17. The Hall–Kier alpha value is -2.34. The van der Waals surface area contributed by atoms with Crippen LogP contribution < -0.4 is 10.1 Å². The number of carbonyl (C=O) groups is 2. The molecule has 1 aliphatic carbocycles. The number of anilines is 1. The molecule has 0 spiro atoms. The number of amides is 1. The highest BCUT2D eigenvalue weighted by atomic mass is 32.1. The van der Waals surface area contributed by atoms with Crippen molar-refractivity contribution >= 4 is 28.2 Å². The molecule has 0 aliphatic heterocycles. The summed E-state index contributed by atoms with van der Waals surface area (Å²) in [7, 11) is 0. The van der Waals surface area contributed by atoms with Crippen molar-refractivity contribution in [3.05, 3.63) is 46.3 Å². The molecule has 2 aromatic rings. The minimum atomic E-state index is -0.970. The molecule has 1 aliphatic rings. The van der Waals surface area contributed by atoms with Gasteiger partial charge in [-0.15, -0.1) is 11.3 Å². The number of benzene rings is 1. The Morgan fingerprint density at radius 3 is 2.80 bits per heavy atom. The number of carboxylic acids is 1. The van der Waals surface area contributed by atoms with Crippen LogP contribution in [-0.2, 0) is 17.6 Å². The first-order valence-electron chi connectivity index (χ1n) is 8.40. The molecule has 132 valence electrons. The van der Waals surface area contributed by atoms with Crippen LogP contribution in [0.15, 0.2) is 30.3 Å². The largest absolute Gasteiger partial charge is 0.493 e. The number of para-hydroxylation sites is 1. The Morgan fingerprint density at radius 2 is 2.08 bits per heavy atom. The summed E-state index contributed by atoms with van der Waals surface area (Å²) in [4.78, 5) is 24.9. The van der Waals surface area contributed by atoms with Gasteiger partial charge in [0.2, 0.25) is 5.91 Å². The number of ether oxygens (including phenoxy) is 1. The Bertz CT molecular complexity index is 769. The lowest BCUT2D eigenvalue weighted by molar-refractivity contribution is -0.116. The molecule has 25 heavy (non-hydrogen) atoms. The second kappa shape index (κ2) is 7.70. The van der Waals surface area contributed by atoms with Crippen LogP contribution in [0.3, 0.4) is 0 Å². The number of carbonyl (C=O) groups excluding carboxylic acids is 1. The molecule has 6 heteroatoms. The maximum absolute atomic E-state index is 12.2. The van der Waals surface area contributed by atoms with E-state index in [1.54, 1.807) is 0 Å². The van der Waals surface area contributed by atoms with E-state index in [-0.39, 0.29) is 24.5 Å². The van der Waals surface area contributed by atoms with E-state index in [0.717, 1.165) is 29.7 Å². The van der Waals surface area contributed by atoms with Crippen LogP contribution in [0.25, 0.3) is 0 Å². The number of carboxylic acid groups (broad SMARTS) is 1. The molecular weight excluding hydrogens is 338 g/mol. The molecule has 2 N–H and O–H groups in total. The fourth-order valence-electron chi connectivity index (χ4n) is 3.03. The normalized spacial score (nSPS) is 16.1. The summed E-state index contributed by atoms with van der Waals surface area (Å²) in [6.07, 6.45) is 2.81. The van der Waals surface area contributed by atoms with Crippen molar-refractivity contribution in [2.24, 2.45) is 5.92 Å². The zero-order valence-electron chi connectivity index (χ0n) is 14.1. The van der Waals surface area contributed by atoms with Gasteiger partial charge in [0.05, 0.1) is 18.6 Å². The van der Waals surface area contributed by atoms with Crippen molar-refractivity contribution in [3.8, 4) is 5.75 Å². The van der Waals surface area contributed by atoms with E-state index in [2.05, 4.69) is 12.2 Å². The summed E-state index contributed by atoms with van der Waals surface area (Å²) in [6, 6.07) is 9.29. The number of rotatable bonds is 6. The van der Waals surface area contributed by atoms with E-state index in [9.17, 15) is 14.7 Å². The first-order valence-corrected chi connectivity index (χ1v) is 9.21. The molecule has 1 aromatic carbocycles. The fourth-order valence-corrected chi connectivity index (χ4v) is 4.45. The lowest BCUT2D eigenvalue weighted by Crippen LogP contribution is -2.17. The predicted octanol–water partition coefficient (Wildman–Crippen LogP) is 3.98. The van der Waals surface area contributed by atoms with Crippen molar-refractivity contribution in [2.45, 2.75) is 32.6 Å². The summed E-state index contributed by atoms with van der Waals surface area (Å²) in [5.41, 5.74) is 1.16. The van der Waals surface area contributed by atoms with Gasteiger partial charge in [-0.2, -0.15) is 0 Å². The molecule has 1 aromatic heterocycles. The van der Waals surface area contributed by atoms with Crippen molar-refractivity contribution in [3.63, 3.8) is 0 Å². The third kappa shape index (κ3) is 4.20. The second-order valence-electron chi connectivity index (χ2n) is 6.32. The van der Waals surface area contributed by atoms with Gasteiger partial charge in [-0.3, -0.25) is 4.79 Å². The van der Waals surface area contributed by atoms with Gasteiger partial charge in [0.25, 0.3) is 0 Å². The van der Waals surface area contributed by atoms with Gasteiger partial charge in [0, 0.05) is 4.88 Å². The zero-order chi connectivity index (χ0) is 17.8. The quantitative estimate of drug-likeness (QED) is 0.818. The van der Waals surface area contributed by atoms with Crippen LogP contribution in [0, 0.1) is 5.92 Å². The predicted molar refractivity (Wildman–Crippen MR) is 97.7 cm³/mol. The minimum absolute atomic E-state index is 0.174. The number of fused-ring (bicyclic) bond motifs is 1. The van der Waals surface area contributed by atoms with Gasteiger partial charge in [-0.25, -0.2) is 4.79 Å². The Labute approximate surface area is 150 Å². The van der Waals surface area contributed by atoms with Crippen LogP contribution in [0.2, 0.25) is 0 Å². The highest BCUT2D eigenvalue weighted by Crippen LogP contribution is 2.39. The molecule has 5 nitrogen and oxygen atoms in total. The van der Waals surface area contributed by atoms with Gasteiger partial charge in [0.15, 0.2) is 0 Å². The molecule has 0 radical (unpaired) electrons. The summed E-state index contributed by atoms with van der Waals surface area (Å²) in [5, 5.41) is 12.8. The standard InChI is InChI=1S/C19H21NO4S/c1-12-7-8-14-15(11-12)25-18(17(14)19(22)23)20-16(21)9-10-24-13-5-3-2-4-6-13/h2-6,12H,7-11H2,1H3,(H,20,21)(H,22,23). The third-order valence-corrected chi connectivity index (χ3v) is 5.49. The summed E-state index contributed by atoms with van der Waals surface area (Å²) in [5.74, 6) is 0.0608. The van der Waals surface area contributed by atoms with Crippen LogP contribution in [0.1, 0.15) is 40.6 Å². The van der Waals surface area contributed by atoms with Crippen LogP contribution >= 0.6 is 11.3 Å². The molecule has 0 bridgehead atoms. The molecule has 1 heterocycles. The second-order valence-corrected chi connectivity index (χ2v) is 7.43. The van der Waals surface area contributed by atoms with Crippen LogP contribution in [0.4, 0.5) is 5.00 Å². The van der Waals surface area contributed by atoms with E-state index in [1.807, 2.05) is 30.3 Å². The fraction of sp³-hybridized carbons (Fsp3) is 0.368. The van der Waals surface area contributed by atoms with Gasteiger partial charge >= 0.3 is 5.97 Å². The highest BCUT2D eigenvalue weighted by Gasteiger charge is 2.28. The number of thiophene rings is 1. The minimum Gasteiger partial charge on any atom is -0.493 e. The topological polar surface area (TPSA) is 75.6 Å². The first-order chi connectivity index (χ1) is 12.0. The lowest BCUT2D eigenvalue weighted by atomic mass is 9.88. The van der Waals surface area contributed by atoms with Crippen molar-refractivity contribution in [2.75, 3.05) is 11.9 Å². The molecule has 1 amide bonds. The van der Waals surface area contributed by atoms with E-state index in [1.165, 1.54) is 11.3 Å². The van der Waals surface area contributed by atoms with Crippen LogP contribution in [-0.4, -0.2) is 23.6 Å². The van der Waals surface area contributed by atoms with Gasteiger partial charge in [-0.05, 0) is 42.9 Å². The van der Waals surface area contributed by atoms with Gasteiger partial charge < -0.3 is 15.2 Å². The molecule has 0 saturated heterocycles. The molecular formula is C19H21NO4S. The van der Waals surface area contributed by atoms with Crippen molar-refractivity contribution < 1.29 is 19.4 Å². The SMILES string of the molecule is CC1CCc2c(sc(NC(=O)CCOc3ccccc3)c2C(=O)O)C1. The zero-order valence-corrected chi connectivity index (χ0v) is 14.9. The molecule has 1 atom stereocenters. The Kier molecular flexibility index (Phi) is 5.38. The third-order valence-electron chi connectivity index (χ3n) is 4.32. The summed E-state index contributed by atoms with van der Waals surface area (Å²) in [6.45, 7) is 2.42. The molecule has 0 saturated carbocycles. The van der Waals surface area contributed by atoms with Crippen molar-refractivity contribution in [1.29, 1.82) is 0 Å². The first kappa shape index (κ1) is 17.5. The molecule has 1 unspecified atom stereocenters. The summed E-state index contributed by atoms with van der Waals surface area (Å²) >= 11 is 1.40. The lowest BCUT2D eigenvalue weighted by Gasteiger charge is -2.17. The molecule has 0 fully saturated rings. The van der Waals surface area contributed by atoms with E-state index in [4.69, 9.17) is 4.74 Å². The average molecular weight is 359 g/mol. The van der Waals surface area contributed by atoms with Gasteiger partial charge in [0.1, 0.15) is 10.8 Å². The monoisotopic (exact) mass is 359 g/mol. The Morgan fingerprint density at radius 1 is 1.32 bits per heavy atom. The maximum atomic E-state index is 12.2. The van der Waals surface area contributed by atoms with Crippen molar-refractivity contribution in [1.82, 2.24) is 0 Å².